The SMILES string of the molecule is Cc1ccc(C)c(C(C(=O)Nc2ccccc2C)N(C(=O)C(NC(=O)OC(C)(C)C)C(C)C)C2CC2)c1. The zero-order valence-electron chi connectivity index (χ0n) is 23.3. The van der Waals surface area contributed by atoms with E-state index in [2.05, 4.69) is 10.6 Å². The fourth-order valence-electron chi connectivity index (χ4n) is 4.37. The van der Waals surface area contributed by atoms with Crippen LogP contribution < -0.4 is 10.6 Å². The number of hydrogen-bond donors (Lipinski definition) is 2. The van der Waals surface area contributed by atoms with Crippen LogP contribution in [0.1, 0.15) is 75.8 Å². The van der Waals surface area contributed by atoms with Crippen molar-refractivity contribution in [1.29, 1.82) is 0 Å². The number of nitrogens with one attached hydrogen (secondary N) is 2. The number of hydrogen-bond acceptors (Lipinski definition) is 4. The third-order valence-corrected chi connectivity index (χ3v) is 6.46. The first kappa shape index (κ1) is 28.2. The standard InChI is InChI=1S/C30H41N3O4/c1-18(2)25(32-29(36)37-30(6,7)8)28(35)33(22-15-16-22)26(23-17-19(3)13-14-20(23)4)27(34)31-24-12-10-9-11-21(24)5/h9-14,17-18,22,25-26H,15-16H2,1-8H3,(H,31,34)(H,32,36). The van der Waals surface area contributed by atoms with E-state index in [0.29, 0.717) is 5.69 Å². The molecule has 0 radical (unpaired) electrons. The van der Waals surface area contributed by atoms with Gasteiger partial charge in [-0.3, -0.25) is 9.59 Å². The van der Waals surface area contributed by atoms with Crippen molar-refractivity contribution in [3.63, 3.8) is 0 Å². The number of carbonyl (C=O) groups excluding carboxylic acids is 3. The Morgan fingerprint density at radius 2 is 1.62 bits per heavy atom. The Hall–Kier alpha value is -3.35. The van der Waals surface area contributed by atoms with Gasteiger partial charge in [0.2, 0.25) is 5.91 Å². The van der Waals surface area contributed by atoms with E-state index in [0.717, 1.165) is 35.1 Å². The molecule has 3 rings (SSSR count). The maximum atomic E-state index is 14.2. The van der Waals surface area contributed by atoms with Gasteiger partial charge in [-0.1, -0.05) is 55.8 Å². The average Bonchev–Trinajstić information content (AvgIpc) is 3.62. The molecule has 2 aromatic carbocycles. The number of benzene rings is 2. The van der Waals surface area contributed by atoms with Gasteiger partial charge in [-0.05, 0) is 83.1 Å². The summed E-state index contributed by atoms with van der Waals surface area (Å²) in [4.78, 5) is 42.5. The Kier molecular flexibility index (Phi) is 8.67. The Bertz CT molecular complexity index is 1150. The van der Waals surface area contributed by atoms with E-state index in [1.807, 2.05) is 77.1 Å². The number of anilines is 1. The molecule has 1 fully saturated rings. The van der Waals surface area contributed by atoms with Gasteiger partial charge in [0.15, 0.2) is 0 Å². The summed E-state index contributed by atoms with van der Waals surface area (Å²) in [7, 11) is 0. The molecule has 0 heterocycles. The quantitative estimate of drug-likeness (QED) is 0.470. The molecule has 3 amide bonds. The molecule has 2 unspecified atom stereocenters. The van der Waals surface area contributed by atoms with Crippen LogP contribution in [0.15, 0.2) is 42.5 Å². The van der Waals surface area contributed by atoms with Crippen LogP contribution in [-0.4, -0.2) is 40.5 Å². The van der Waals surface area contributed by atoms with E-state index < -0.39 is 23.8 Å². The van der Waals surface area contributed by atoms with Gasteiger partial charge in [-0.15, -0.1) is 0 Å². The summed E-state index contributed by atoms with van der Waals surface area (Å²) in [6.45, 7) is 15.0. The second-order valence-corrected chi connectivity index (χ2v) is 11.4. The smallest absolute Gasteiger partial charge is 0.408 e. The van der Waals surface area contributed by atoms with Gasteiger partial charge >= 0.3 is 6.09 Å². The molecular weight excluding hydrogens is 466 g/mol. The molecule has 0 aliphatic heterocycles. The minimum atomic E-state index is -0.846. The van der Waals surface area contributed by atoms with E-state index in [1.54, 1.807) is 25.7 Å². The van der Waals surface area contributed by atoms with Gasteiger partial charge < -0.3 is 20.3 Å². The van der Waals surface area contributed by atoms with Crippen molar-refractivity contribution in [1.82, 2.24) is 10.2 Å². The Labute approximate surface area is 221 Å². The molecule has 7 nitrogen and oxygen atoms in total. The highest BCUT2D eigenvalue weighted by atomic mass is 16.6. The minimum absolute atomic E-state index is 0.0817. The molecular formula is C30H41N3O4. The number of aryl methyl sites for hydroxylation is 3. The molecule has 37 heavy (non-hydrogen) atoms. The van der Waals surface area contributed by atoms with Crippen LogP contribution in [0.4, 0.5) is 10.5 Å². The van der Waals surface area contributed by atoms with Crippen molar-refractivity contribution >= 4 is 23.6 Å². The van der Waals surface area contributed by atoms with Gasteiger partial charge in [0.1, 0.15) is 17.7 Å². The summed E-state index contributed by atoms with van der Waals surface area (Å²) in [6.07, 6.45) is 0.965. The Balaban J connectivity index is 2.04. The van der Waals surface area contributed by atoms with Crippen LogP contribution in [0.2, 0.25) is 0 Å². The molecule has 2 atom stereocenters. The van der Waals surface area contributed by atoms with Crippen molar-refractivity contribution in [2.45, 2.75) is 92.0 Å². The number of para-hydroxylation sites is 1. The van der Waals surface area contributed by atoms with Crippen LogP contribution >= 0.6 is 0 Å². The second-order valence-electron chi connectivity index (χ2n) is 11.4. The number of amides is 3. The minimum Gasteiger partial charge on any atom is -0.444 e. The molecule has 200 valence electrons. The maximum Gasteiger partial charge on any atom is 0.408 e. The van der Waals surface area contributed by atoms with Crippen LogP contribution in [0.5, 0.6) is 0 Å². The molecule has 7 heteroatoms. The van der Waals surface area contributed by atoms with Gasteiger partial charge in [0.25, 0.3) is 5.91 Å². The summed E-state index contributed by atoms with van der Waals surface area (Å²) < 4.78 is 5.44. The highest BCUT2D eigenvalue weighted by Gasteiger charge is 2.45. The van der Waals surface area contributed by atoms with Crippen LogP contribution in [0.3, 0.4) is 0 Å². The lowest BCUT2D eigenvalue weighted by molar-refractivity contribution is -0.142. The Morgan fingerprint density at radius 1 is 0.973 bits per heavy atom. The van der Waals surface area contributed by atoms with Gasteiger partial charge in [0.05, 0.1) is 0 Å². The topological polar surface area (TPSA) is 87.7 Å². The molecule has 2 N–H and O–H groups in total. The van der Waals surface area contributed by atoms with E-state index in [4.69, 9.17) is 4.74 Å². The summed E-state index contributed by atoms with van der Waals surface area (Å²) in [5, 5.41) is 5.85. The van der Waals surface area contributed by atoms with Crippen LogP contribution in [0, 0.1) is 26.7 Å². The van der Waals surface area contributed by atoms with Crippen molar-refractivity contribution in [3.05, 3.63) is 64.7 Å². The number of nitrogens with zero attached hydrogens (tertiary/aromatic N) is 1. The van der Waals surface area contributed by atoms with Crippen molar-refractivity contribution in [3.8, 4) is 0 Å². The Morgan fingerprint density at radius 3 is 2.19 bits per heavy atom. The molecule has 1 saturated carbocycles. The second kappa shape index (κ2) is 11.4. The lowest BCUT2D eigenvalue weighted by Gasteiger charge is -2.36. The monoisotopic (exact) mass is 507 g/mol. The molecule has 1 aliphatic rings. The maximum absolute atomic E-state index is 14.2. The van der Waals surface area contributed by atoms with Gasteiger partial charge in [-0.2, -0.15) is 0 Å². The predicted molar refractivity (Wildman–Crippen MR) is 146 cm³/mol. The molecule has 0 bridgehead atoms. The highest BCUT2D eigenvalue weighted by Crippen LogP contribution is 2.38. The summed E-state index contributed by atoms with van der Waals surface area (Å²) in [5.74, 6) is -0.767. The summed E-state index contributed by atoms with van der Waals surface area (Å²) >= 11 is 0. The average molecular weight is 508 g/mol. The van der Waals surface area contributed by atoms with Gasteiger partial charge in [-0.25, -0.2) is 4.79 Å². The normalized spacial score (nSPS) is 15.1. The summed E-state index contributed by atoms with van der Waals surface area (Å²) in [5.41, 5.74) is 3.66. The van der Waals surface area contributed by atoms with E-state index in [1.165, 1.54) is 0 Å². The summed E-state index contributed by atoms with van der Waals surface area (Å²) in [6, 6.07) is 11.8. The molecule has 0 aromatic heterocycles. The first-order chi connectivity index (χ1) is 17.3. The van der Waals surface area contributed by atoms with Gasteiger partial charge in [0, 0.05) is 11.7 Å². The molecule has 2 aromatic rings. The first-order valence-corrected chi connectivity index (χ1v) is 13.0. The lowest BCUT2D eigenvalue weighted by atomic mass is 9.94. The van der Waals surface area contributed by atoms with Crippen molar-refractivity contribution in [2.75, 3.05) is 5.32 Å². The number of ether oxygens (including phenoxy) is 1. The molecule has 1 aliphatic carbocycles. The number of carbonyl (C=O) groups is 3. The van der Waals surface area contributed by atoms with Crippen LogP contribution in [0.25, 0.3) is 0 Å². The predicted octanol–water partition coefficient (Wildman–Crippen LogP) is 5.83. The highest BCUT2D eigenvalue weighted by molar-refractivity contribution is 6.00. The zero-order valence-corrected chi connectivity index (χ0v) is 23.3. The third kappa shape index (κ3) is 7.34. The molecule has 0 spiro atoms. The lowest BCUT2D eigenvalue weighted by Crippen LogP contribution is -2.55. The van der Waals surface area contributed by atoms with E-state index in [-0.39, 0.29) is 23.8 Å². The largest absolute Gasteiger partial charge is 0.444 e. The fourth-order valence-corrected chi connectivity index (χ4v) is 4.37. The van der Waals surface area contributed by atoms with E-state index >= 15 is 0 Å². The van der Waals surface area contributed by atoms with Crippen LogP contribution in [-0.2, 0) is 14.3 Å². The first-order valence-electron chi connectivity index (χ1n) is 13.0. The number of rotatable bonds is 8. The van der Waals surface area contributed by atoms with Crippen molar-refractivity contribution in [2.24, 2.45) is 5.92 Å². The van der Waals surface area contributed by atoms with E-state index in [9.17, 15) is 14.4 Å². The molecule has 0 saturated heterocycles. The fraction of sp³-hybridized carbons (Fsp3) is 0.500. The van der Waals surface area contributed by atoms with Crippen molar-refractivity contribution < 1.29 is 19.1 Å². The number of alkyl carbamates (subject to hydrolysis) is 1. The zero-order chi connectivity index (χ0) is 27.5. The third-order valence-electron chi connectivity index (χ3n) is 6.46.